The molecule has 0 radical (unpaired) electrons. The molecule has 2 aliphatic rings. The van der Waals surface area contributed by atoms with Gasteiger partial charge in [0.1, 0.15) is 0 Å². The molecule has 3 rings (SSSR count). The predicted octanol–water partition coefficient (Wildman–Crippen LogP) is 2.74. The number of carbonyl (C=O) groups excluding carboxylic acids is 2. The first-order valence-electron chi connectivity index (χ1n) is 7.59. The zero-order valence-corrected chi connectivity index (χ0v) is 14.1. The second kappa shape index (κ2) is 6.01. The Kier molecular flexibility index (Phi) is 4.23. The van der Waals surface area contributed by atoms with Crippen LogP contribution in [0.2, 0.25) is 0 Å². The molecule has 1 aromatic rings. The highest BCUT2D eigenvalue weighted by atomic mass is 79.9. The fourth-order valence-electron chi connectivity index (χ4n) is 3.33. The molecule has 1 atom stereocenters. The molecule has 2 fully saturated rings. The molecular formula is C16H20BrN3O2. The summed E-state index contributed by atoms with van der Waals surface area (Å²) in [6, 6.07) is 5.45. The van der Waals surface area contributed by atoms with E-state index in [0.29, 0.717) is 11.4 Å². The summed E-state index contributed by atoms with van der Waals surface area (Å²) in [6.07, 6.45) is 3.12. The summed E-state index contributed by atoms with van der Waals surface area (Å²) in [7, 11) is 0. The highest BCUT2D eigenvalue weighted by molar-refractivity contribution is 9.10. The molecule has 22 heavy (non-hydrogen) atoms. The summed E-state index contributed by atoms with van der Waals surface area (Å²) >= 11 is 3.40. The first-order chi connectivity index (χ1) is 10.5. The normalized spacial score (nSPS) is 22.2. The van der Waals surface area contributed by atoms with E-state index in [-0.39, 0.29) is 23.1 Å². The Bertz CT molecular complexity index is 611. The molecule has 1 saturated carbocycles. The average molecular weight is 366 g/mol. The van der Waals surface area contributed by atoms with E-state index >= 15 is 0 Å². The van der Waals surface area contributed by atoms with Crippen molar-refractivity contribution < 1.29 is 9.59 Å². The minimum atomic E-state index is -0.154. The van der Waals surface area contributed by atoms with Gasteiger partial charge in [-0.15, -0.1) is 0 Å². The summed E-state index contributed by atoms with van der Waals surface area (Å²) in [6.45, 7) is 3.45. The SMILES string of the molecule is CC(=O)Nc1ccc(Br)cc1NC(=O)C1CC12CCNCC2. The van der Waals surface area contributed by atoms with E-state index in [9.17, 15) is 9.59 Å². The first-order valence-corrected chi connectivity index (χ1v) is 8.38. The largest absolute Gasteiger partial charge is 0.325 e. The highest BCUT2D eigenvalue weighted by Gasteiger charge is 2.57. The molecule has 1 spiro atoms. The van der Waals surface area contributed by atoms with Crippen molar-refractivity contribution in [1.82, 2.24) is 5.32 Å². The lowest BCUT2D eigenvalue weighted by Crippen LogP contribution is -2.31. The maximum absolute atomic E-state index is 12.5. The Balaban J connectivity index is 1.71. The van der Waals surface area contributed by atoms with Crippen molar-refractivity contribution in [3.8, 4) is 0 Å². The monoisotopic (exact) mass is 365 g/mol. The van der Waals surface area contributed by atoms with Gasteiger partial charge < -0.3 is 16.0 Å². The third-order valence-corrected chi connectivity index (χ3v) is 5.15. The van der Waals surface area contributed by atoms with Gasteiger partial charge in [-0.3, -0.25) is 9.59 Å². The molecule has 1 aliphatic carbocycles. The molecule has 6 heteroatoms. The molecule has 1 heterocycles. The smallest absolute Gasteiger partial charge is 0.228 e. The number of hydrogen-bond acceptors (Lipinski definition) is 3. The standard InChI is InChI=1S/C16H20BrN3O2/c1-10(21)19-13-3-2-11(17)8-14(13)20-15(22)12-9-16(12)4-6-18-7-5-16/h2-3,8,12,18H,4-7,9H2,1H3,(H,19,21)(H,20,22). The van der Waals surface area contributed by atoms with Crippen LogP contribution < -0.4 is 16.0 Å². The van der Waals surface area contributed by atoms with Crippen LogP contribution in [0.1, 0.15) is 26.2 Å². The maximum atomic E-state index is 12.5. The van der Waals surface area contributed by atoms with E-state index in [2.05, 4.69) is 31.9 Å². The van der Waals surface area contributed by atoms with Crippen molar-refractivity contribution in [2.45, 2.75) is 26.2 Å². The summed E-state index contributed by atoms with van der Waals surface area (Å²) in [5.41, 5.74) is 1.48. The van der Waals surface area contributed by atoms with Crippen LogP contribution in [-0.2, 0) is 9.59 Å². The van der Waals surface area contributed by atoms with E-state index in [1.807, 2.05) is 12.1 Å². The van der Waals surface area contributed by atoms with Crippen molar-refractivity contribution in [1.29, 1.82) is 0 Å². The Hall–Kier alpha value is -1.40. The molecule has 118 valence electrons. The Labute approximate surface area is 138 Å². The van der Waals surface area contributed by atoms with Crippen molar-refractivity contribution in [3.63, 3.8) is 0 Å². The fourth-order valence-corrected chi connectivity index (χ4v) is 3.70. The third kappa shape index (κ3) is 3.17. The van der Waals surface area contributed by atoms with E-state index in [0.717, 1.165) is 36.8 Å². The molecule has 1 saturated heterocycles. The summed E-state index contributed by atoms with van der Waals surface area (Å²) in [5.74, 6) is 0.00410. The van der Waals surface area contributed by atoms with Gasteiger partial charge in [-0.05, 0) is 56.0 Å². The van der Waals surface area contributed by atoms with Crippen molar-refractivity contribution >= 4 is 39.1 Å². The van der Waals surface area contributed by atoms with Crippen molar-refractivity contribution in [2.75, 3.05) is 23.7 Å². The second-order valence-corrected chi connectivity index (χ2v) is 7.15. The minimum Gasteiger partial charge on any atom is -0.325 e. The molecular weight excluding hydrogens is 346 g/mol. The zero-order chi connectivity index (χ0) is 15.7. The first kappa shape index (κ1) is 15.5. The van der Waals surface area contributed by atoms with Crippen LogP contribution >= 0.6 is 15.9 Å². The highest BCUT2D eigenvalue weighted by Crippen LogP contribution is 2.58. The average Bonchev–Trinajstić information content (AvgIpc) is 3.16. The van der Waals surface area contributed by atoms with Crippen LogP contribution in [0.25, 0.3) is 0 Å². The van der Waals surface area contributed by atoms with Gasteiger partial charge in [0.05, 0.1) is 11.4 Å². The number of anilines is 2. The quantitative estimate of drug-likeness (QED) is 0.771. The molecule has 1 aliphatic heterocycles. The number of rotatable bonds is 3. The second-order valence-electron chi connectivity index (χ2n) is 6.23. The van der Waals surface area contributed by atoms with Gasteiger partial charge in [0, 0.05) is 17.3 Å². The molecule has 5 nitrogen and oxygen atoms in total. The van der Waals surface area contributed by atoms with Crippen molar-refractivity contribution in [3.05, 3.63) is 22.7 Å². The van der Waals surface area contributed by atoms with Crippen molar-refractivity contribution in [2.24, 2.45) is 11.3 Å². The molecule has 1 unspecified atom stereocenters. The minimum absolute atomic E-state index is 0.0617. The number of halogens is 1. The number of benzene rings is 1. The number of nitrogens with one attached hydrogen (secondary N) is 3. The fraction of sp³-hybridized carbons (Fsp3) is 0.500. The maximum Gasteiger partial charge on any atom is 0.228 e. The van der Waals surface area contributed by atoms with E-state index < -0.39 is 0 Å². The Morgan fingerprint density at radius 2 is 1.95 bits per heavy atom. The lowest BCUT2D eigenvalue weighted by molar-refractivity contribution is -0.118. The van der Waals surface area contributed by atoms with Gasteiger partial charge in [-0.25, -0.2) is 0 Å². The van der Waals surface area contributed by atoms with Crippen LogP contribution in [0.4, 0.5) is 11.4 Å². The lowest BCUT2D eigenvalue weighted by atomic mass is 9.92. The number of amides is 2. The van der Waals surface area contributed by atoms with E-state index in [4.69, 9.17) is 0 Å². The van der Waals surface area contributed by atoms with Gasteiger partial charge >= 0.3 is 0 Å². The Morgan fingerprint density at radius 3 is 2.64 bits per heavy atom. The zero-order valence-electron chi connectivity index (χ0n) is 12.5. The molecule has 2 amide bonds. The van der Waals surface area contributed by atoms with Gasteiger partial charge in [0.2, 0.25) is 11.8 Å². The topological polar surface area (TPSA) is 70.2 Å². The van der Waals surface area contributed by atoms with E-state index in [1.165, 1.54) is 6.92 Å². The summed E-state index contributed by atoms with van der Waals surface area (Å²) in [5, 5.41) is 9.08. The van der Waals surface area contributed by atoms with Gasteiger partial charge in [-0.1, -0.05) is 15.9 Å². The summed E-state index contributed by atoms with van der Waals surface area (Å²) < 4.78 is 0.865. The summed E-state index contributed by atoms with van der Waals surface area (Å²) in [4.78, 5) is 23.8. The number of hydrogen-bond donors (Lipinski definition) is 3. The number of carbonyl (C=O) groups is 2. The van der Waals surface area contributed by atoms with Crippen LogP contribution in [0.15, 0.2) is 22.7 Å². The molecule has 3 N–H and O–H groups in total. The van der Waals surface area contributed by atoms with Gasteiger partial charge in [0.25, 0.3) is 0 Å². The molecule has 0 bridgehead atoms. The van der Waals surface area contributed by atoms with Crippen LogP contribution in [0, 0.1) is 11.3 Å². The van der Waals surface area contributed by atoms with Crippen LogP contribution in [0.3, 0.4) is 0 Å². The van der Waals surface area contributed by atoms with Crippen LogP contribution in [-0.4, -0.2) is 24.9 Å². The predicted molar refractivity (Wildman–Crippen MR) is 89.7 cm³/mol. The van der Waals surface area contributed by atoms with E-state index in [1.54, 1.807) is 6.07 Å². The number of piperidine rings is 1. The van der Waals surface area contributed by atoms with Gasteiger partial charge in [0.15, 0.2) is 0 Å². The van der Waals surface area contributed by atoms with Gasteiger partial charge in [-0.2, -0.15) is 0 Å². The third-order valence-electron chi connectivity index (χ3n) is 4.66. The van der Waals surface area contributed by atoms with Crippen LogP contribution in [0.5, 0.6) is 0 Å². The molecule has 0 aromatic heterocycles. The molecule has 1 aromatic carbocycles. The lowest BCUT2D eigenvalue weighted by Gasteiger charge is -2.23. The Morgan fingerprint density at radius 1 is 1.23 bits per heavy atom.